The Balaban J connectivity index is 1.72. The molecule has 9 nitrogen and oxygen atoms in total. The lowest BCUT2D eigenvalue weighted by Crippen LogP contribution is -2.44. The zero-order chi connectivity index (χ0) is 25.8. The number of ether oxygens (including phenoxy) is 1. The molecule has 0 aliphatic heterocycles. The number of rotatable bonds is 9. The molecular weight excluding hydrogens is 472 g/mol. The number of fused-ring (bicyclic) bond motifs is 1. The SMILES string of the molecule is COCCn1cnc2c1c(=O)n(CC(=O)NC(C)c1ccc(F)cc1F)c(=O)n2Cc1ccccc1. The van der Waals surface area contributed by atoms with Crippen LogP contribution in [0, 0.1) is 11.6 Å². The van der Waals surface area contributed by atoms with Crippen LogP contribution >= 0.6 is 0 Å². The average molecular weight is 498 g/mol. The first-order chi connectivity index (χ1) is 17.3. The number of benzene rings is 2. The lowest BCUT2D eigenvalue weighted by molar-refractivity contribution is -0.122. The number of carbonyl (C=O) groups excluding carboxylic acids is 1. The van der Waals surface area contributed by atoms with E-state index in [9.17, 15) is 23.2 Å². The molecule has 2 heterocycles. The fourth-order valence-corrected chi connectivity index (χ4v) is 4.01. The molecule has 4 rings (SSSR count). The van der Waals surface area contributed by atoms with E-state index in [4.69, 9.17) is 4.74 Å². The highest BCUT2D eigenvalue weighted by molar-refractivity contribution is 5.77. The lowest BCUT2D eigenvalue weighted by atomic mass is 10.1. The Labute approximate surface area is 204 Å². The molecule has 11 heteroatoms. The molecule has 4 aromatic rings. The van der Waals surface area contributed by atoms with E-state index in [1.165, 1.54) is 31.0 Å². The molecule has 0 spiro atoms. The summed E-state index contributed by atoms with van der Waals surface area (Å²) in [5, 5.41) is 2.57. The van der Waals surface area contributed by atoms with Crippen LogP contribution in [0.15, 0.2) is 64.4 Å². The van der Waals surface area contributed by atoms with E-state index in [0.29, 0.717) is 13.2 Å². The van der Waals surface area contributed by atoms with Crippen molar-refractivity contribution in [1.82, 2.24) is 24.0 Å². The Morgan fingerprint density at radius 2 is 1.86 bits per heavy atom. The van der Waals surface area contributed by atoms with E-state index in [-0.39, 0.29) is 23.3 Å². The normalized spacial score (nSPS) is 12.1. The largest absolute Gasteiger partial charge is 0.383 e. The van der Waals surface area contributed by atoms with Crippen molar-refractivity contribution < 1.29 is 18.3 Å². The molecule has 1 atom stereocenters. The number of carbonyl (C=O) groups is 1. The van der Waals surface area contributed by atoms with Gasteiger partial charge in [-0.25, -0.2) is 23.1 Å². The number of aromatic nitrogens is 4. The molecule has 0 fully saturated rings. The van der Waals surface area contributed by atoms with Crippen LogP contribution in [0.1, 0.15) is 24.1 Å². The molecule has 188 valence electrons. The summed E-state index contributed by atoms with van der Waals surface area (Å²) in [6, 6.07) is 11.4. The predicted octanol–water partition coefficient (Wildman–Crippen LogP) is 2.21. The maximum absolute atomic E-state index is 14.1. The van der Waals surface area contributed by atoms with Gasteiger partial charge in [-0.2, -0.15) is 0 Å². The van der Waals surface area contributed by atoms with E-state index < -0.39 is 41.4 Å². The molecule has 0 saturated carbocycles. The summed E-state index contributed by atoms with van der Waals surface area (Å²) in [7, 11) is 1.53. The van der Waals surface area contributed by atoms with Crippen molar-refractivity contribution in [2.24, 2.45) is 0 Å². The van der Waals surface area contributed by atoms with Crippen LogP contribution in [0.2, 0.25) is 0 Å². The Kier molecular flexibility index (Phi) is 7.39. The van der Waals surface area contributed by atoms with Gasteiger partial charge >= 0.3 is 5.69 Å². The van der Waals surface area contributed by atoms with Crippen LogP contribution < -0.4 is 16.6 Å². The predicted molar refractivity (Wildman–Crippen MR) is 129 cm³/mol. The fraction of sp³-hybridized carbons (Fsp3) is 0.280. The van der Waals surface area contributed by atoms with E-state index in [2.05, 4.69) is 10.3 Å². The highest BCUT2D eigenvalue weighted by Crippen LogP contribution is 2.17. The molecule has 1 unspecified atom stereocenters. The number of amides is 1. The number of methoxy groups -OCH3 is 1. The zero-order valence-corrected chi connectivity index (χ0v) is 19.8. The third-order valence-corrected chi connectivity index (χ3v) is 5.81. The summed E-state index contributed by atoms with van der Waals surface area (Å²) in [4.78, 5) is 43.9. The number of nitrogens with zero attached hydrogens (tertiary/aromatic N) is 4. The van der Waals surface area contributed by atoms with Crippen LogP contribution in [-0.4, -0.2) is 38.3 Å². The molecule has 0 bridgehead atoms. The van der Waals surface area contributed by atoms with E-state index in [0.717, 1.165) is 22.3 Å². The molecule has 0 aliphatic rings. The minimum Gasteiger partial charge on any atom is -0.383 e. The Bertz CT molecular complexity index is 1510. The van der Waals surface area contributed by atoms with Gasteiger partial charge in [-0.15, -0.1) is 0 Å². The summed E-state index contributed by atoms with van der Waals surface area (Å²) in [5.74, 6) is -2.23. The van der Waals surface area contributed by atoms with Gasteiger partial charge in [0.1, 0.15) is 18.2 Å². The van der Waals surface area contributed by atoms with Gasteiger partial charge in [-0.05, 0) is 18.6 Å². The Hall–Kier alpha value is -4.12. The molecule has 0 radical (unpaired) electrons. The second-order valence-electron chi connectivity index (χ2n) is 8.30. The minimum atomic E-state index is -0.823. The number of halogens is 2. The first-order valence-corrected chi connectivity index (χ1v) is 11.3. The van der Waals surface area contributed by atoms with E-state index in [1.807, 2.05) is 30.3 Å². The average Bonchev–Trinajstić information content (AvgIpc) is 3.27. The van der Waals surface area contributed by atoms with Gasteiger partial charge in [0, 0.05) is 25.3 Å². The molecule has 1 N–H and O–H groups in total. The number of hydrogen-bond donors (Lipinski definition) is 1. The molecule has 36 heavy (non-hydrogen) atoms. The van der Waals surface area contributed by atoms with Gasteiger partial charge in [0.05, 0.1) is 25.5 Å². The summed E-state index contributed by atoms with van der Waals surface area (Å²) in [6.07, 6.45) is 1.45. The minimum absolute atomic E-state index is 0.0756. The first-order valence-electron chi connectivity index (χ1n) is 11.3. The molecule has 1 amide bonds. The van der Waals surface area contributed by atoms with Crippen LogP contribution in [-0.2, 0) is 29.2 Å². The van der Waals surface area contributed by atoms with Crippen molar-refractivity contribution >= 4 is 17.1 Å². The monoisotopic (exact) mass is 497 g/mol. The molecule has 0 aliphatic carbocycles. The third kappa shape index (κ3) is 5.10. The Morgan fingerprint density at radius 3 is 2.56 bits per heavy atom. The van der Waals surface area contributed by atoms with Gasteiger partial charge in [-0.3, -0.25) is 14.2 Å². The molecular formula is C25H25F2N5O4. The van der Waals surface area contributed by atoms with Crippen molar-refractivity contribution in [3.63, 3.8) is 0 Å². The van der Waals surface area contributed by atoms with Gasteiger partial charge in [0.25, 0.3) is 5.56 Å². The summed E-state index contributed by atoms with van der Waals surface area (Å²) in [6.45, 7) is 1.69. The van der Waals surface area contributed by atoms with E-state index in [1.54, 1.807) is 4.57 Å². The third-order valence-electron chi connectivity index (χ3n) is 5.81. The maximum Gasteiger partial charge on any atom is 0.333 e. The summed E-state index contributed by atoms with van der Waals surface area (Å²) in [5.41, 5.74) is -0.141. The highest BCUT2D eigenvalue weighted by atomic mass is 19.1. The van der Waals surface area contributed by atoms with Crippen molar-refractivity contribution in [2.75, 3.05) is 13.7 Å². The molecule has 2 aromatic heterocycles. The van der Waals surface area contributed by atoms with Crippen LogP contribution in [0.3, 0.4) is 0 Å². The topological polar surface area (TPSA) is 100 Å². The van der Waals surface area contributed by atoms with Crippen molar-refractivity contribution in [3.8, 4) is 0 Å². The lowest BCUT2D eigenvalue weighted by Gasteiger charge is -2.16. The highest BCUT2D eigenvalue weighted by Gasteiger charge is 2.21. The van der Waals surface area contributed by atoms with Crippen molar-refractivity contribution in [1.29, 1.82) is 0 Å². The summed E-state index contributed by atoms with van der Waals surface area (Å²) >= 11 is 0. The number of imidazole rings is 1. The fourth-order valence-electron chi connectivity index (χ4n) is 4.01. The maximum atomic E-state index is 14.1. The number of hydrogen-bond acceptors (Lipinski definition) is 5. The quantitative estimate of drug-likeness (QED) is 0.382. The van der Waals surface area contributed by atoms with E-state index >= 15 is 0 Å². The van der Waals surface area contributed by atoms with Crippen LogP contribution in [0.25, 0.3) is 11.2 Å². The zero-order valence-electron chi connectivity index (χ0n) is 19.8. The van der Waals surface area contributed by atoms with Gasteiger partial charge in [0.2, 0.25) is 5.91 Å². The smallest absolute Gasteiger partial charge is 0.333 e. The summed E-state index contributed by atoms with van der Waals surface area (Å²) < 4.78 is 36.2. The van der Waals surface area contributed by atoms with Gasteiger partial charge < -0.3 is 14.6 Å². The van der Waals surface area contributed by atoms with Gasteiger partial charge in [-0.1, -0.05) is 36.4 Å². The van der Waals surface area contributed by atoms with Gasteiger partial charge in [0.15, 0.2) is 11.2 Å². The number of nitrogens with one attached hydrogen (secondary N) is 1. The molecule has 2 aromatic carbocycles. The second kappa shape index (κ2) is 10.6. The van der Waals surface area contributed by atoms with Crippen molar-refractivity contribution in [3.05, 3.63) is 98.5 Å². The second-order valence-corrected chi connectivity index (χ2v) is 8.30. The first kappa shape index (κ1) is 25.0. The molecule has 0 saturated heterocycles. The van der Waals surface area contributed by atoms with Crippen LogP contribution in [0.5, 0.6) is 0 Å². The van der Waals surface area contributed by atoms with Crippen LogP contribution in [0.4, 0.5) is 8.78 Å². The Morgan fingerprint density at radius 1 is 1.11 bits per heavy atom. The van der Waals surface area contributed by atoms with Crippen molar-refractivity contribution in [2.45, 2.75) is 32.6 Å². The standard InChI is InChI=1S/C25H25F2N5O4/c1-16(19-9-8-18(26)12-20(19)27)29-21(33)14-32-24(34)22-23(28-15-30(22)10-11-36-2)31(25(32)35)13-17-6-4-3-5-7-17/h3-9,12,15-16H,10-11,13-14H2,1-2H3,(H,29,33).